The summed E-state index contributed by atoms with van der Waals surface area (Å²) >= 11 is 0. The monoisotopic (exact) mass is 951 g/mol. The highest BCUT2D eigenvalue weighted by Crippen LogP contribution is 2.27. The van der Waals surface area contributed by atoms with Crippen LogP contribution in [-0.2, 0) is 47.9 Å². The van der Waals surface area contributed by atoms with Gasteiger partial charge < -0.3 is 68.1 Å². The Labute approximate surface area is 391 Å². The van der Waals surface area contributed by atoms with Crippen molar-refractivity contribution in [2.75, 3.05) is 19.6 Å². The highest BCUT2D eigenvalue weighted by atomic mass is 16.4. The Hall–Kier alpha value is -5.42. The number of aliphatic hydroxyl groups excluding tert-OH is 2. The Morgan fingerprint density at radius 2 is 1.03 bits per heavy atom. The molecule has 0 radical (unpaired) electrons. The zero-order valence-corrected chi connectivity index (χ0v) is 40.0. The maximum atomic E-state index is 14.1. The number of carboxylic acids is 1. The van der Waals surface area contributed by atoms with Crippen LogP contribution in [0.25, 0.3) is 0 Å². The predicted molar refractivity (Wildman–Crippen MR) is 240 cm³/mol. The van der Waals surface area contributed by atoms with Crippen molar-refractivity contribution in [3.8, 4) is 0 Å². The first kappa shape index (κ1) is 55.9. The number of hydrogen-bond donors (Lipinski definition) is 10. The number of amides is 9. The molecule has 3 aliphatic heterocycles. The van der Waals surface area contributed by atoms with Crippen molar-refractivity contribution in [1.29, 1.82) is 0 Å². The topological polar surface area (TPSA) is 353 Å². The summed E-state index contributed by atoms with van der Waals surface area (Å²) in [6, 6.07) is -11.2. The molecule has 23 nitrogen and oxygen atoms in total. The van der Waals surface area contributed by atoms with E-state index in [1.54, 1.807) is 27.7 Å². The molecule has 23 heteroatoms. The second-order valence-corrected chi connectivity index (χ2v) is 19.1. The number of hydrogen-bond acceptors (Lipinski definition) is 13. The van der Waals surface area contributed by atoms with Crippen molar-refractivity contribution in [3.05, 3.63) is 0 Å². The number of carbonyl (C=O) groups is 10. The van der Waals surface area contributed by atoms with Crippen LogP contribution in [0.2, 0.25) is 0 Å². The molecule has 67 heavy (non-hydrogen) atoms. The van der Waals surface area contributed by atoms with Gasteiger partial charge in [-0.25, -0.2) is 4.79 Å². The normalized spacial score (nSPS) is 22.0. The number of primary amides is 1. The third-order valence-corrected chi connectivity index (χ3v) is 12.4. The Kier molecular flexibility index (Phi) is 20.9. The van der Waals surface area contributed by atoms with Crippen LogP contribution >= 0.6 is 0 Å². The summed E-state index contributed by atoms with van der Waals surface area (Å²) in [7, 11) is 0. The van der Waals surface area contributed by atoms with Crippen LogP contribution in [0.3, 0.4) is 0 Å². The fourth-order valence-electron chi connectivity index (χ4n) is 8.71. The van der Waals surface area contributed by atoms with Crippen molar-refractivity contribution >= 4 is 59.1 Å². The first-order valence-corrected chi connectivity index (χ1v) is 23.3. The Balaban J connectivity index is 1.76. The number of likely N-dealkylation sites (tertiary alicyclic amines) is 3. The van der Waals surface area contributed by atoms with Gasteiger partial charge in [-0.3, -0.25) is 43.2 Å². The first-order chi connectivity index (χ1) is 31.3. The molecule has 0 aromatic heterocycles. The number of nitrogens with zero attached hydrogens (tertiary/aromatic N) is 3. The molecule has 378 valence electrons. The molecule has 9 amide bonds. The van der Waals surface area contributed by atoms with Crippen LogP contribution in [-0.4, -0.2) is 175 Å². The Morgan fingerprint density at radius 1 is 0.567 bits per heavy atom. The molecule has 3 rings (SSSR count). The lowest BCUT2D eigenvalue weighted by Gasteiger charge is -2.34. The number of rotatable bonds is 23. The van der Waals surface area contributed by atoms with Crippen molar-refractivity contribution in [2.45, 2.75) is 180 Å². The van der Waals surface area contributed by atoms with Gasteiger partial charge in [0.25, 0.3) is 0 Å². The maximum absolute atomic E-state index is 14.1. The minimum absolute atomic E-state index is 0.0232. The van der Waals surface area contributed by atoms with Gasteiger partial charge in [-0.2, -0.15) is 0 Å². The summed E-state index contributed by atoms with van der Waals surface area (Å²) in [6.45, 7) is 13.4. The van der Waals surface area contributed by atoms with E-state index >= 15 is 0 Å². The fourth-order valence-corrected chi connectivity index (χ4v) is 8.71. The standard InChI is InChI=1S/C44H74N10O13/c1-21(2)20-26(45)36(58)50-34(24(7)55)40(62)47-27(15-16-31(46)57)37(59)51-35(25(8)56)43(65)52-17-9-12-28(52)38(60)48-32(22(3)4)39(61)49-33(23(5)6)42(64)53-18-10-13-29(53)41(63)54-19-11-14-30(54)44(66)67/h21-30,32-35,55-56H,9-20,45H2,1-8H3,(H2,46,57)(H,47,62)(H,48,60)(H,49,61)(H,50,58)(H,51,59)(H,66,67). The van der Waals surface area contributed by atoms with E-state index in [0.29, 0.717) is 32.1 Å². The zero-order chi connectivity index (χ0) is 50.6. The molecule has 0 spiro atoms. The summed E-state index contributed by atoms with van der Waals surface area (Å²) in [4.78, 5) is 137. The quantitative estimate of drug-likeness (QED) is 0.0494. The highest BCUT2D eigenvalue weighted by Gasteiger charge is 2.46. The molecule has 0 aromatic carbocycles. The van der Waals surface area contributed by atoms with Crippen LogP contribution in [0.15, 0.2) is 0 Å². The second kappa shape index (κ2) is 25.1. The number of nitrogens with two attached hydrogens (primary N) is 2. The molecule has 0 aliphatic carbocycles. The van der Waals surface area contributed by atoms with Gasteiger partial charge in [0.05, 0.1) is 18.2 Å². The van der Waals surface area contributed by atoms with E-state index in [2.05, 4.69) is 26.6 Å². The lowest BCUT2D eigenvalue weighted by Crippen LogP contribution is -2.63. The van der Waals surface area contributed by atoms with Gasteiger partial charge in [-0.05, 0) is 83.0 Å². The predicted octanol–water partition coefficient (Wildman–Crippen LogP) is -2.82. The van der Waals surface area contributed by atoms with Gasteiger partial charge in [-0.15, -0.1) is 0 Å². The summed E-state index contributed by atoms with van der Waals surface area (Å²) in [6.07, 6.45) is -1.38. The zero-order valence-electron chi connectivity index (χ0n) is 40.0. The molecular weight excluding hydrogens is 877 g/mol. The van der Waals surface area contributed by atoms with Crippen molar-refractivity contribution in [3.63, 3.8) is 0 Å². The van der Waals surface area contributed by atoms with E-state index in [9.17, 15) is 63.3 Å². The van der Waals surface area contributed by atoms with Crippen molar-refractivity contribution in [1.82, 2.24) is 41.3 Å². The van der Waals surface area contributed by atoms with Crippen molar-refractivity contribution in [2.24, 2.45) is 29.2 Å². The second-order valence-electron chi connectivity index (χ2n) is 19.1. The van der Waals surface area contributed by atoms with Crippen LogP contribution in [0, 0.1) is 17.8 Å². The van der Waals surface area contributed by atoms with Gasteiger partial charge in [0.2, 0.25) is 53.2 Å². The number of aliphatic carboxylic acids is 1. The lowest BCUT2D eigenvalue weighted by atomic mass is 9.98. The van der Waals surface area contributed by atoms with Crippen LogP contribution in [0.5, 0.6) is 0 Å². The van der Waals surface area contributed by atoms with Gasteiger partial charge in [0.1, 0.15) is 48.3 Å². The molecule has 3 fully saturated rings. The molecule has 11 atom stereocenters. The molecule has 3 heterocycles. The summed E-state index contributed by atoms with van der Waals surface area (Å²) in [5.74, 6) is -8.95. The van der Waals surface area contributed by atoms with Gasteiger partial charge in [0, 0.05) is 26.1 Å². The third kappa shape index (κ3) is 15.0. The first-order valence-electron chi connectivity index (χ1n) is 23.3. The fraction of sp³-hybridized carbons (Fsp3) is 0.773. The van der Waals surface area contributed by atoms with E-state index in [4.69, 9.17) is 11.5 Å². The summed E-state index contributed by atoms with van der Waals surface area (Å²) < 4.78 is 0. The SMILES string of the molecule is CC(C)CC(N)C(=O)NC(C(=O)NC(CCC(N)=O)C(=O)NC(C(=O)N1CCCC1C(=O)NC(C(=O)NC(C(=O)N1CCCC1C(=O)N1CCCC1C(=O)O)C(C)C)C(C)C)C(C)O)C(C)O. The molecule has 3 aliphatic rings. The molecule has 0 bridgehead atoms. The van der Waals surface area contributed by atoms with E-state index in [-0.39, 0.29) is 44.8 Å². The number of carbonyl (C=O) groups excluding carboxylic acids is 9. The van der Waals surface area contributed by atoms with Crippen LogP contribution < -0.4 is 38.1 Å². The summed E-state index contributed by atoms with van der Waals surface area (Å²) in [5, 5.41) is 43.5. The molecule has 0 saturated carbocycles. The Bertz CT molecular complexity index is 1830. The molecule has 3 saturated heterocycles. The van der Waals surface area contributed by atoms with Gasteiger partial charge >= 0.3 is 5.97 Å². The van der Waals surface area contributed by atoms with E-state index < -0.39 is 144 Å². The average molecular weight is 951 g/mol. The van der Waals surface area contributed by atoms with Crippen LogP contribution in [0.1, 0.15) is 113 Å². The van der Waals surface area contributed by atoms with E-state index in [1.165, 1.54) is 23.6 Å². The van der Waals surface area contributed by atoms with Gasteiger partial charge in [-0.1, -0.05) is 41.5 Å². The smallest absolute Gasteiger partial charge is 0.326 e. The largest absolute Gasteiger partial charge is 0.480 e. The number of nitrogens with one attached hydrogen (secondary N) is 5. The van der Waals surface area contributed by atoms with Crippen molar-refractivity contribution < 1.29 is 63.3 Å². The minimum atomic E-state index is -1.68. The minimum Gasteiger partial charge on any atom is -0.480 e. The summed E-state index contributed by atoms with van der Waals surface area (Å²) in [5.41, 5.74) is 11.3. The number of carboxylic acid groups (broad SMARTS) is 1. The average Bonchev–Trinajstić information content (AvgIpc) is 4.04. The molecule has 0 aromatic rings. The van der Waals surface area contributed by atoms with E-state index in [1.807, 2.05) is 13.8 Å². The van der Waals surface area contributed by atoms with E-state index in [0.717, 1.165) is 4.90 Å². The third-order valence-electron chi connectivity index (χ3n) is 12.4. The molecule has 11 unspecified atom stereocenters. The van der Waals surface area contributed by atoms with Crippen LogP contribution in [0.4, 0.5) is 0 Å². The Morgan fingerprint density at radius 3 is 1.54 bits per heavy atom. The number of aliphatic hydroxyl groups is 2. The van der Waals surface area contributed by atoms with Gasteiger partial charge in [0.15, 0.2) is 0 Å². The lowest BCUT2D eigenvalue weighted by molar-refractivity contribution is -0.152. The molecular formula is C44H74N10O13. The molecule has 12 N–H and O–H groups in total. The maximum Gasteiger partial charge on any atom is 0.326 e. The highest BCUT2D eigenvalue weighted by molar-refractivity contribution is 5.99.